The van der Waals surface area contributed by atoms with E-state index in [4.69, 9.17) is 51.4 Å². The molecular formula is C25H47N5O15. The molecule has 4 rings (SSSR count). The lowest BCUT2D eigenvalue weighted by atomic mass is 9.84. The Morgan fingerprint density at radius 2 is 1.13 bits per heavy atom. The number of aliphatic hydroxyl groups excluding tert-OH is 8. The van der Waals surface area contributed by atoms with Gasteiger partial charge in [-0.1, -0.05) is 0 Å². The van der Waals surface area contributed by atoms with E-state index in [-0.39, 0.29) is 13.0 Å². The van der Waals surface area contributed by atoms with Gasteiger partial charge in [0, 0.05) is 25.6 Å². The first kappa shape index (κ1) is 36.6. The van der Waals surface area contributed by atoms with E-state index in [1.807, 2.05) is 0 Å². The van der Waals surface area contributed by atoms with Crippen LogP contribution in [0.15, 0.2) is 0 Å². The van der Waals surface area contributed by atoms with Gasteiger partial charge in [0.25, 0.3) is 0 Å². The quantitative estimate of drug-likeness (QED) is 0.104. The Hall–Kier alpha value is -1.25. The molecule has 3 saturated heterocycles. The minimum Gasteiger partial charge on any atom is -0.394 e. The first-order chi connectivity index (χ1) is 21.2. The summed E-state index contributed by atoms with van der Waals surface area (Å²) in [5.41, 5.74) is 24.4. The van der Waals surface area contributed by atoms with Gasteiger partial charge in [-0.05, 0) is 6.42 Å². The largest absolute Gasteiger partial charge is 0.394 e. The lowest BCUT2D eigenvalue weighted by Crippen LogP contribution is -2.68. The van der Waals surface area contributed by atoms with Crippen molar-refractivity contribution in [1.29, 1.82) is 0 Å². The Morgan fingerprint density at radius 1 is 0.644 bits per heavy atom. The molecule has 262 valence electrons. The lowest BCUT2D eigenvalue weighted by Gasteiger charge is -2.47. The van der Waals surface area contributed by atoms with Gasteiger partial charge in [-0.25, -0.2) is 0 Å². The molecule has 0 spiro atoms. The van der Waals surface area contributed by atoms with Crippen molar-refractivity contribution in [3.8, 4) is 0 Å². The Morgan fingerprint density at radius 3 is 1.69 bits per heavy atom. The van der Waals surface area contributed by atoms with Crippen molar-refractivity contribution in [3.63, 3.8) is 0 Å². The molecule has 0 aromatic rings. The number of hydrogen-bond acceptors (Lipinski definition) is 19. The van der Waals surface area contributed by atoms with Gasteiger partial charge in [-0.3, -0.25) is 4.79 Å². The second kappa shape index (κ2) is 15.3. The first-order valence-corrected chi connectivity index (χ1v) is 14.7. The van der Waals surface area contributed by atoms with Crippen LogP contribution in [0.25, 0.3) is 0 Å². The molecular weight excluding hydrogens is 610 g/mol. The number of nitrogens with two attached hydrogens (primary N) is 4. The normalized spacial score (nSPS) is 50.8. The highest BCUT2D eigenvalue weighted by atomic mass is 16.8. The van der Waals surface area contributed by atoms with Gasteiger partial charge >= 0.3 is 0 Å². The van der Waals surface area contributed by atoms with Crippen LogP contribution >= 0.6 is 0 Å². The highest BCUT2D eigenvalue weighted by molar-refractivity contribution is 5.72. The molecule has 3 aliphatic heterocycles. The first-order valence-electron chi connectivity index (χ1n) is 14.7. The fourth-order valence-corrected chi connectivity index (χ4v) is 5.92. The molecule has 19 atom stereocenters. The molecule has 4 fully saturated rings. The summed E-state index contributed by atoms with van der Waals surface area (Å²) < 4.78 is 34.6. The lowest BCUT2D eigenvalue weighted by molar-refractivity contribution is -0.310. The molecule has 0 bridgehead atoms. The molecule has 1 unspecified atom stereocenters. The Kier molecular flexibility index (Phi) is 12.5. The summed E-state index contributed by atoms with van der Waals surface area (Å²) in [6.07, 6.45) is -21.2. The van der Waals surface area contributed by atoms with Gasteiger partial charge in [0.2, 0.25) is 5.91 Å². The Balaban J connectivity index is 1.49. The summed E-state index contributed by atoms with van der Waals surface area (Å²) in [7, 11) is 0. The molecule has 4 aliphatic rings. The smallest absolute Gasteiger partial charge is 0.216 e. The zero-order valence-corrected chi connectivity index (χ0v) is 24.5. The van der Waals surface area contributed by atoms with Gasteiger partial charge in [0.05, 0.1) is 31.4 Å². The maximum Gasteiger partial charge on any atom is 0.216 e. The van der Waals surface area contributed by atoms with Gasteiger partial charge in [-0.15, -0.1) is 0 Å². The SMILES string of the molecule is CC(=O)NCC1O[C@H](O[C@H]2[C@@H](O)[C@H](O[C@@H]3[C@@H](O)[C@H](N)C[C@H](N)[C@H]3O[C@@H]3O[C@H](CO)[C@@H](O)[C@H](O)[C@H]3N)O[C@@H]2CO)[C@H](N)[C@@H](O)[C@@H]1O. The van der Waals surface area contributed by atoms with Gasteiger partial charge in [0.15, 0.2) is 18.9 Å². The standard InChI is InChI=1S/C25H47N5O15/c1-6(33)30-3-9-15(35)17(37)12(28)23(40-9)44-21-11(5-32)42-25(19(21)39)45-22-14(34)7(26)2-8(27)20(22)43-24-13(29)18(38)16(36)10(4-31)41-24/h7-25,31-32,34-39H,2-5,26-29H2,1H3,(H,30,33)/t7-,8+,9?,10-,11-,12-,13-,14+,15-,16-,17-,18-,19-,20-,21-,22-,23-,24+,25+/m1/s1. The molecule has 3 heterocycles. The summed E-state index contributed by atoms with van der Waals surface area (Å²) in [6, 6.07) is -4.42. The van der Waals surface area contributed by atoms with Crippen LogP contribution in [0, 0.1) is 0 Å². The monoisotopic (exact) mass is 657 g/mol. The molecule has 1 amide bonds. The number of hydrogen-bond donors (Lipinski definition) is 13. The van der Waals surface area contributed by atoms with Crippen LogP contribution in [0.4, 0.5) is 0 Å². The number of rotatable bonds is 10. The minimum atomic E-state index is -1.66. The third-order valence-electron chi connectivity index (χ3n) is 8.64. The number of ether oxygens (including phenoxy) is 6. The minimum absolute atomic E-state index is 0.0477. The molecule has 0 aromatic carbocycles. The van der Waals surface area contributed by atoms with Crippen LogP contribution < -0.4 is 28.3 Å². The van der Waals surface area contributed by atoms with Crippen LogP contribution in [-0.4, -0.2) is 183 Å². The van der Waals surface area contributed by atoms with E-state index in [0.29, 0.717) is 0 Å². The van der Waals surface area contributed by atoms with Gasteiger partial charge in [0.1, 0.15) is 67.1 Å². The molecule has 0 radical (unpaired) electrons. The molecule has 1 saturated carbocycles. The summed E-state index contributed by atoms with van der Waals surface area (Å²) in [5.74, 6) is -0.418. The zero-order chi connectivity index (χ0) is 33.3. The molecule has 20 heteroatoms. The molecule has 17 N–H and O–H groups in total. The van der Waals surface area contributed by atoms with Crippen LogP contribution in [0.1, 0.15) is 13.3 Å². The van der Waals surface area contributed by atoms with Gasteiger partial charge < -0.3 is 97.5 Å². The average Bonchev–Trinajstić information content (AvgIpc) is 3.30. The summed E-state index contributed by atoms with van der Waals surface area (Å²) in [5, 5.41) is 85.5. The molecule has 45 heavy (non-hydrogen) atoms. The van der Waals surface area contributed by atoms with Crippen molar-refractivity contribution in [2.24, 2.45) is 22.9 Å². The second-order valence-corrected chi connectivity index (χ2v) is 11.9. The highest BCUT2D eigenvalue weighted by Gasteiger charge is 2.54. The number of carbonyl (C=O) groups is 1. The predicted octanol–water partition coefficient (Wildman–Crippen LogP) is -8.68. The van der Waals surface area contributed by atoms with Crippen molar-refractivity contribution in [3.05, 3.63) is 0 Å². The fraction of sp³-hybridized carbons (Fsp3) is 0.960. The van der Waals surface area contributed by atoms with E-state index < -0.39 is 135 Å². The average molecular weight is 658 g/mol. The zero-order valence-electron chi connectivity index (χ0n) is 24.5. The molecule has 20 nitrogen and oxygen atoms in total. The van der Waals surface area contributed by atoms with E-state index in [2.05, 4.69) is 5.32 Å². The van der Waals surface area contributed by atoms with Crippen molar-refractivity contribution in [1.82, 2.24) is 5.32 Å². The van der Waals surface area contributed by atoms with Crippen molar-refractivity contribution in [2.45, 2.75) is 130 Å². The van der Waals surface area contributed by atoms with Crippen LogP contribution in [0.3, 0.4) is 0 Å². The fourth-order valence-electron chi connectivity index (χ4n) is 5.92. The third kappa shape index (κ3) is 7.74. The maximum atomic E-state index is 11.3. The Bertz CT molecular complexity index is 974. The van der Waals surface area contributed by atoms with E-state index in [1.54, 1.807) is 0 Å². The van der Waals surface area contributed by atoms with Crippen molar-refractivity contribution < 1.29 is 74.1 Å². The number of carbonyl (C=O) groups excluding carboxylic acids is 1. The predicted molar refractivity (Wildman–Crippen MR) is 146 cm³/mol. The molecule has 1 aliphatic carbocycles. The number of nitrogens with one attached hydrogen (secondary N) is 1. The topological polar surface area (TPSA) is 350 Å². The van der Waals surface area contributed by atoms with Crippen LogP contribution in [0.5, 0.6) is 0 Å². The van der Waals surface area contributed by atoms with E-state index in [1.165, 1.54) is 6.92 Å². The van der Waals surface area contributed by atoms with E-state index in [9.17, 15) is 45.6 Å². The number of amides is 1. The summed E-state index contributed by atoms with van der Waals surface area (Å²) in [4.78, 5) is 11.3. The van der Waals surface area contributed by atoms with E-state index in [0.717, 1.165) is 0 Å². The van der Waals surface area contributed by atoms with Crippen LogP contribution in [-0.2, 0) is 33.2 Å². The number of aliphatic hydroxyl groups is 8. The molecule has 0 aromatic heterocycles. The highest BCUT2D eigenvalue weighted by Crippen LogP contribution is 2.34. The maximum absolute atomic E-state index is 11.3. The summed E-state index contributed by atoms with van der Waals surface area (Å²) >= 11 is 0. The summed E-state index contributed by atoms with van der Waals surface area (Å²) in [6.45, 7) is -0.300. The van der Waals surface area contributed by atoms with Crippen LogP contribution in [0.2, 0.25) is 0 Å². The second-order valence-electron chi connectivity index (χ2n) is 11.9. The van der Waals surface area contributed by atoms with E-state index >= 15 is 0 Å². The van der Waals surface area contributed by atoms with Crippen molar-refractivity contribution in [2.75, 3.05) is 19.8 Å². The third-order valence-corrected chi connectivity index (χ3v) is 8.64. The Labute approximate surface area is 258 Å². The van der Waals surface area contributed by atoms with Gasteiger partial charge in [-0.2, -0.15) is 0 Å². The van der Waals surface area contributed by atoms with Crippen molar-refractivity contribution >= 4 is 5.91 Å².